The molecule has 2 aromatic heterocycles. The zero-order valence-corrected chi connectivity index (χ0v) is 19.5. The van der Waals surface area contributed by atoms with Crippen molar-refractivity contribution in [2.45, 2.75) is 48.8 Å². The average Bonchev–Trinajstić information content (AvgIpc) is 3.52. The number of nitrogens with zero attached hydrogens (tertiary/aromatic N) is 2. The standard InChI is InChI=1S/C21H29N3O3S3/c25-20(22-16-18(19-7-6-14-28-19)23-10-4-5-11-23)15-17-8-9-21(29-17)30(26,27)24-12-2-1-3-13-24/h6-9,14,18H,1-5,10-13,15-16H2,(H,22,25). The Balaban J connectivity index is 1.35. The minimum Gasteiger partial charge on any atom is -0.354 e. The Hall–Kier alpha value is -1.26. The van der Waals surface area contributed by atoms with Crippen molar-refractivity contribution in [2.75, 3.05) is 32.7 Å². The van der Waals surface area contributed by atoms with Crippen molar-refractivity contribution in [1.29, 1.82) is 0 Å². The first-order chi connectivity index (χ1) is 14.5. The summed E-state index contributed by atoms with van der Waals surface area (Å²) in [6.07, 6.45) is 5.56. The SMILES string of the molecule is O=C(Cc1ccc(S(=O)(=O)N2CCCCC2)s1)NCC(c1cccs1)N1CCCC1. The van der Waals surface area contributed by atoms with E-state index in [0.717, 1.165) is 37.2 Å². The van der Waals surface area contributed by atoms with Crippen LogP contribution in [0.2, 0.25) is 0 Å². The molecule has 2 aliphatic heterocycles. The summed E-state index contributed by atoms with van der Waals surface area (Å²) in [5.41, 5.74) is 0. The third kappa shape index (κ3) is 5.13. The Morgan fingerprint density at radius 3 is 2.47 bits per heavy atom. The van der Waals surface area contributed by atoms with E-state index in [4.69, 9.17) is 0 Å². The number of hydrogen-bond donors (Lipinski definition) is 1. The molecule has 0 bridgehead atoms. The van der Waals surface area contributed by atoms with Crippen molar-refractivity contribution < 1.29 is 13.2 Å². The smallest absolute Gasteiger partial charge is 0.252 e. The van der Waals surface area contributed by atoms with Crippen molar-refractivity contribution in [2.24, 2.45) is 0 Å². The van der Waals surface area contributed by atoms with Gasteiger partial charge in [-0.05, 0) is 62.4 Å². The fourth-order valence-electron chi connectivity index (χ4n) is 4.20. The highest BCUT2D eigenvalue weighted by Crippen LogP contribution is 2.29. The molecule has 2 saturated heterocycles. The van der Waals surface area contributed by atoms with Gasteiger partial charge in [-0.3, -0.25) is 9.69 Å². The number of amides is 1. The van der Waals surface area contributed by atoms with Crippen LogP contribution in [0.5, 0.6) is 0 Å². The first-order valence-corrected chi connectivity index (χ1v) is 13.8. The Labute approximate surface area is 186 Å². The number of sulfonamides is 1. The highest BCUT2D eigenvalue weighted by molar-refractivity contribution is 7.91. The molecule has 1 unspecified atom stereocenters. The molecule has 0 saturated carbocycles. The summed E-state index contributed by atoms with van der Waals surface area (Å²) in [4.78, 5) is 17.1. The molecule has 0 aliphatic carbocycles. The summed E-state index contributed by atoms with van der Waals surface area (Å²) in [5, 5.41) is 5.16. The van der Waals surface area contributed by atoms with Crippen LogP contribution in [-0.2, 0) is 21.2 Å². The second-order valence-electron chi connectivity index (χ2n) is 7.94. The first kappa shape index (κ1) is 22.0. The van der Waals surface area contributed by atoms with Crippen LogP contribution < -0.4 is 5.32 Å². The van der Waals surface area contributed by atoms with Gasteiger partial charge in [0.25, 0.3) is 10.0 Å². The Morgan fingerprint density at radius 1 is 1.03 bits per heavy atom. The van der Waals surface area contributed by atoms with E-state index < -0.39 is 10.0 Å². The molecule has 1 atom stereocenters. The third-order valence-corrected chi connectivity index (χ3v) is 10.3. The van der Waals surface area contributed by atoms with Crippen LogP contribution in [0.3, 0.4) is 0 Å². The second kappa shape index (κ2) is 9.91. The van der Waals surface area contributed by atoms with Crippen LogP contribution in [0.15, 0.2) is 33.9 Å². The molecule has 1 amide bonds. The number of nitrogens with one attached hydrogen (secondary N) is 1. The van der Waals surface area contributed by atoms with E-state index >= 15 is 0 Å². The van der Waals surface area contributed by atoms with Crippen molar-refractivity contribution >= 4 is 38.6 Å². The van der Waals surface area contributed by atoms with Gasteiger partial charge in [-0.15, -0.1) is 22.7 Å². The first-order valence-electron chi connectivity index (χ1n) is 10.7. The minimum absolute atomic E-state index is 0.0560. The number of likely N-dealkylation sites (tertiary alicyclic amines) is 1. The molecule has 0 spiro atoms. The van der Waals surface area contributed by atoms with Crippen LogP contribution in [0.4, 0.5) is 0 Å². The quantitative estimate of drug-likeness (QED) is 0.645. The van der Waals surface area contributed by atoms with E-state index in [0.29, 0.717) is 23.8 Å². The average molecular weight is 468 g/mol. The predicted octanol–water partition coefficient (Wildman–Crippen LogP) is 3.48. The van der Waals surface area contributed by atoms with Crippen molar-refractivity contribution in [3.8, 4) is 0 Å². The van der Waals surface area contributed by atoms with E-state index in [2.05, 4.69) is 27.7 Å². The van der Waals surface area contributed by atoms with Gasteiger partial charge in [-0.2, -0.15) is 4.31 Å². The number of carbonyl (C=O) groups is 1. The van der Waals surface area contributed by atoms with Crippen molar-refractivity contribution in [3.63, 3.8) is 0 Å². The Morgan fingerprint density at radius 2 is 1.77 bits per heavy atom. The zero-order chi connectivity index (χ0) is 21.0. The number of hydrogen-bond acceptors (Lipinski definition) is 6. The molecule has 2 fully saturated rings. The van der Waals surface area contributed by atoms with Crippen LogP contribution in [0.25, 0.3) is 0 Å². The molecule has 0 radical (unpaired) electrons. The molecular formula is C21H29N3O3S3. The monoisotopic (exact) mass is 467 g/mol. The summed E-state index contributed by atoms with van der Waals surface area (Å²) < 4.78 is 27.5. The molecule has 9 heteroatoms. The summed E-state index contributed by atoms with van der Waals surface area (Å²) in [6.45, 7) is 3.92. The van der Waals surface area contributed by atoms with Crippen LogP contribution in [0, 0.1) is 0 Å². The number of piperidine rings is 1. The molecule has 1 N–H and O–H groups in total. The molecule has 164 valence electrons. The van der Waals surface area contributed by atoms with Gasteiger partial charge in [-0.1, -0.05) is 12.5 Å². The van der Waals surface area contributed by atoms with Gasteiger partial charge in [0, 0.05) is 29.4 Å². The molecule has 6 nitrogen and oxygen atoms in total. The van der Waals surface area contributed by atoms with Crippen LogP contribution in [-0.4, -0.2) is 56.3 Å². The van der Waals surface area contributed by atoms with E-state index in [1.54, 1.807) is 27.8 Å². The second-order valence-corrected chi connectivity index (χ2v) is 12.3. The fourth-order valence-corrected chi connectivity index (χ4v) is 8.09. The third-order valence-electron chi connectivity index (χ3n) is 5.83. The van der Waals surface area contributed by atoms with Gasteiger partial charge in [0.05, 0.1) is 12.5 Å². The van der Waals surface area contributed by atoms with Crippen LogP contribution >= 0.6 is 22.7 Å². The summed E-state index contributed by atoms with van der Waals surface area (Å²) >= 11 is 2.95. The maximum atomic E-state index is 12.8. The Bertz CT molecular complexity index is 928. The molecule has 0 aromatic carbocycles. The minimum atomic E-state index is -3.43. The lowest BCUT2D eigenvalue weighted by Crippen LogP contribution is -2.36. The molecular weight excluding hydrogens is 438 g/mol. The number of thiophene rings is 2. The Kier molecular flexibility index (Phi) is 7.25. The molecule has 2 aliphatic rings. The van der Waals surface area contributed by atoms with Gasteiger partial charge in [0.1, 0.15) is 4.21 Å². The molecule has 30 heavy (non-hydrogen) atoms. The lowest BCUT2D eigenvalue weighted by atomic mass is 10.2. The highest BCUT2D eigenvalue weighted by atomic mass is 32.2. The van der Waals surface area contributed by atoms with Crippen molar-refractivity contribution in [3.05, 3.63) is 39.4 Å². The number of rotatable bonds is 8. The van der Waals surface area contributed by atoms with E-state index in [1.165, 1.54) is 29.1 Å². The molecule has 2 aromatic rings. The maximum absolute atomic E-state index is 12.8. The van der Waals surface area contributed by atoms with Gasteiger partial charge < -0.3 is 5.32 Å². The van der Waals surface area contributed by atoms with Crippen molar-refractivity contribution in [1.82, 2.24) is 14.5 Å². The number of carbonyl (C=O) groups excluding carboxylic acids is 1. The maximum Gasteiger partial charge on any atom is 0.252 e. The summed E-state index contributed by atoms with van der Waals surface area (Å²) in [7, 11) is -3.43. The van der Waals surface area contributed by atoms with E-state index in [1.807, 2.05) is 0 Å². The van der Waals surface area contributed by atoms with Crippen LogP contribution in [0.1, 0.15) is 47.9 Å². The lowest BCUT2D eigenvalue weighted by molar-refractivity contribution is -0.120. The highest BCUT2D eigenvalue weighted by Gasteiger charge is 2.28. The largest absolute Gasteiger partial charge is 0.354 e. The zero-order valence-electron chi connectivity index (χ0n) is 17.1. The van der Waals surface area contributed by atoms with E-state index in [9.17, 15) is 13.2 Å². The molecule has 4 heterocycles. The fraction of sp³-hybridized carbons (Fsp3) is 0.571. The predicted molar refractivity (Wildman–Crippen MR) is 122 cm³/mol. The summed E-state index contributed by atoms with van der Waals surface area (Å²) in [6, 6.07) is 7.83. The molecule has 4 rings (SSSR count). The van der Waals surface area contributed by atoms with E-state index in [-0.39, 0.29) is 18.4 Å². The summed E-state index contributed by atoms with van der Waals surface area (Å²) in [5.74, 6) is -0.0560. The lowest BCUT2D eigenvalue weighted by Gasteiger charge is -2.26. The topological polar surface area (TPSA) is 69.7 Å². The normalized spacial score (nSPS) is 19.7. The van der Waals surface area contributed by atoms with Gasteiger partial charge in [-0.25, -0.2) is 8.42 Å². The van der Waals surface area contributed by atoms with Gasteiger partial charge in [0.15, 0.2) is 0 Å². The van der Waals surface area contributed by atoms with Gasteiger partial charge >= 0.3 is 0 Å². The van der Waals surface area contributed by atoms with Gasteiger partial charge in [0.2, 0.25) is 5.91 Å².